The van der Waals surface area contributed by atoms with Gasteiger partial charge in [0.1, 0.15) is 5.75 Å². The van der Waals surface area contributed by atoms with Gasteiger partial charge in [-0.1, -0.05) is 18.5 Å². The molecule has 6 nitrogen and oxygen atoms in total. The van der Waals surface area contributed by atoms with E-state index in [-0.39, 0.29) is 21.8 Å². The molecule has 0 amide bonds. The van der Waals surface area contributed by atoms with Gasteiger partial charge in [-0.05, 0) is 56.0 Å². The van der Waals surface area contributed by atoms with Crippen molar-refractivity contribution in [1.82, 2.24) is 0 Å². The second-order valence-corrected chi connectivity index (χ2v) is 7.58. The highest BCUT2D eigenvalue weighted by molar-refractivity contribution is 6.33. The number of rotatable bonds is 3. The average molecular weight is 375 g/mol. The smallest absolute Gasteiger partial charge is 0.345 e. The number of ether oxygens (including phenoxy) is 1. The fourth-order valence-electron chi connectivity index (χ4n) is 3.36. The van der Waals surface area contributed by atoms with E-state index in [1.54, 1.807) is 6.07 Å². The molecule has 0 fully saturated rings. The van der Waals surface area contributed by atoms with Crippen molar-refractivity contribution >= 4 is 28.9 Å². The number of hydrogen-bond acceptors (Lipinski definition) is 5. The van der Waals surface area contributed by atoms with Crippen LogP contribution in [0.25, 0.3) is 0 Å². The van der Waals surface area contributed by atoms with Crippen LogP contribution in [0.15, 0.2) is 36.4 Å². The number of carbonyl (C=O) groups excluding carboxylic acids is 1. The Bertz CT molecular complexity index is 895. The fourth-order valence-corrected chi connectivity index (χ4v) is 3.56. The van der Waals surface area contributed by atoms with Gasteiger partial charge >= 0.3 is 5.97 Å². The van der Waals surface area contributed by atoms with Crippen LogP contribution < -0.4 is 10.1 Å². The Balaban J connectivity index is 1.86. The molecule has 0 radical (unpaired) electrons. The zero-order valence-corrected chi connectivity index (χ0v) is 15.5. The summed E-state index contributed by atoms with van der Waals surface area (Å²) >= 11 is 6.00. The molecule has 0 aromatic heterocycles. The number of fused-ring (bicyclic) bond motifs is 1. The van der Waals surface area contributed by atoms with E-state index in [2.05, 4.69) is 26.1 Å². The first-order valence-corrected chi connectivity index (χ1v) is 8.62. The molecule has 26 heavy (non-hydrogen) atoms. The summed E-state index contributed by atoms with van der Waals surface area (Å²) in [5.41, 5.74) is 1.83. The average Bonchev–Trinajstić information content (AvgIpc) is 2.54. The van der Waals surface area contributed by atoms with Crippen molar-refractivity contribution < 1.29 is 14.5 Å². The number of benzene rings is 2. The monoisotopic (exact) mass is 374 g/mol. The van der Waals surface area contributed by atoms with Gasteiger partial charge in [-0.25, -0.2) is 4.79 Å². The van der Waals surface area contributed by atoms with Crippen molar-refractivity contribution in [2.45, 2.75) is 38.6 Å². The van der Waals surface area contributed by atoms with Crippen molar-refractivity contribution in [3.8, 4) is 5.75 Å². The number of esters is 1. The van der Waals surface area contributed by atoms with E-state index in [0.29, 0.717) is 11.7 Å². The van der Waals surface area contributed by atoms with E-state index < -0.39 is 10.9 Å². The van der Waals surface area contributed by atoms with E-state index in [1.165, 1.54) is 12.1 Å². The molecule has 2 aromatic carbocycles. The maximum Gasteiger partial charge on any atom is 0.345 e. The Morgan fingerprint density at radius 2 is 2.04 bits per heavy atom. The first kappa shape index (κ1) is 18.2. The number of non-ortho nitro benzene ring substituents is 1. The molecule has 1 aliphatic rings. The van der Waals surface area contributed by atoms with Gasteiger partial charge in [0.25, 0.3) is 5.69 Å². The number of nitro benzene ring substituents is 1. The predicted octanol–water partition coefficient (Wildman–Crippen LogP) is 5.17. The van der Waals surface area contributed by atoms with Gasteiger partial charge in [0.2, 0.25) is 0 Å². The zero-order chi connectivity index (χ0) is 19.1. The minimum Gasteiger partial charge on any atom is -0.423 e. The Hall–Kier alpha value is -2.60. The van der Waals surface area contributed by atoms with Crippen LogP contribution in [0, 0.1) is 10.1 Å². The number of nitrogens with zero attached hydrogens (tertiary/aromatic N) is 1. The van der Waals surface area contributed by atoms with E-state index in [4.69, 9.17) is 16.3 Å². The maximum atomic E-state index is 12.4. The van der Waals surface area contributed by atoms with Crippen LogP contribution >= 0.6 is 11.6 Å². The molecule has 0 bridgehead atoms. The molecule has 0 spiro atoms. The number of hydrogen-bond donors (Lipinski definition) is 1. The highest BCUT2D eigenvalue weighted by Gasteiger charge is 2.29. The minimum absolute atomic E-state index is 0.00110. The van der Waals surface area contributed by atoms with Gasteiger partial charge in [-0.3, -0.25) is 10.1 Å². The largest absolute Gasteiger partial charge is 0.423 e. The topological polar surface area (TPSA) is 81.5 Å². The van der Waals surface area contributed by atoms with Gasteiger partial charge in [0.05, 0.1) is 15.5 Å². The third-order valence-corrected chi connectivity index (χ3v) is 4.76. The Morgan fingerprint density at radius 1 is 1.31 bits per heavy atom. The molecular weight excluding hydrogens is 356 g/mol. The normalized spacial score (nSPS) is 17.8. The summed E-state index contributed by atoms with van der Waals surface area (Å²) in [6.45, 7) is 6.42. The summed E-state index contributed by atoms with van der Waals surface area (Å²) in [6.07, 6.45) is 0.952. The summed E-state index contributed by atoms with van der Waals surface area (Å²) in [6, 6.07) is 9.08. The van der Waals surface area contributed by atoms with Crippen molar-refractivity contribution in [2.75, 3.05) is 5.32 Å². The molecule has 3 rings (SSSR count). The van der Waals surface area contributed by atoms with E-state index in [0.717, 1.165) is 23.7 Å². The van der Waals surface area contributed by atoms with Gasteiger partial charge < -0.3 is 10.1 Å². The molecule has 136 valence electrons. The standard InChI is InChI=1S/C19H19ClN2O4/c1-11-10-19(2,3)21-17-7-5-13(9-14(11)17)26-18(23)15-8-12(22(24)25)4-6-16(15)20/h4-9,11,21H,10H2,1-3H3. The van der Waals surface area contributed by atoms with Crippen LogP contribution in [0.3, 0.4) is 0 Å². The molecule has 1 N–H and O–H groups in total. The number of halogens is 1. The van der Waals surface area contributed by atoms with E-state index >= 15 is 0 Å². The highest BCUT2D eigenvalue weighted by atomic mass is 35.5. The molecule has 0 saturated carbocycles. The van der Waals surface area contributed by atoms with Crippen LogP contribution in [0.4, 0.5) is 11.4 Å². The van der Waals surface area contributed by atoms with Gasteiger partial charge in [-0.15, -0.1) is 0 Å². The molecule has 1 atom stereocenters. The van der Waals surface area contributed by atoms with Crippen LogP contribution in [0.2, 0.25) is 5.02 Å². The van der Waals surface area contributed by atoms with Gasteiger partial charge in [0, 0.05) is 23.4 Å². The molecule has 1 unspecified atom stereocenters. The SMILES string of the molecule is CC1CC(C)(C)Nc2ccc(OC(=O)c3cc([N+](=O)[O-])ccc3Cl)cc21. The second kappa shape index (κ2) is 6.61. The van der Waals surface area contributed by atoms with Crippen molar-refractivity contribution in [3.05, 3.63) is 62.7 Å². The third kappa shape index (κ3) is 3.65. The predicted molar refractivity (Wildman–Crippen MR) is 100 cm³/mol. The number of nitro groups is 1. The fraction of sp³-hybridized carbons (Fsp3) is 0.316. The lowest BCUT2D eigenvalue weighted by atomic mass is 9.82. The molecule has 2 aromatic rings. The van der Waals surface area contributed by atoms with Crippen LogP contribution in [0.5, 0.6) is 5.75 Å². The summed E-state index contributed by atoms with van der Waals surface area (Å²) in [4.78, 5) is 22.7. The van der Waals surface area contributed by atoms with Gasteiger partial charge in [-0.2, -0.15) is 0 Å². The lowest BCUT2D eigenvalue weighted by Crippen LogP contribution is -2.36. The molecule has 0 aliphatic carbocycles. The summed E-state index contributed by atoms with van der Waals surface area (Å²) < 4.78 is 5.41. The molecule has 1 aliphatic heterocycles. The van der Waals surface area contributed by atoms with Crippen LogP contribution in [0.1, 0.15) is 49.0 Å². The number of nitrogens with one attached hydrogen (secondary N) is 1. The molecule has 0 saturated heterocycles. The molecule has 7 heteroatoms. The van der Waals surface area contributed by atoms with Crippen molar-refractivity contribution in [3.63, 3.8) is 0 Å². The summed E-state index contributed by atoms with van der Waals surface area (Å²) in [7, 11) is 0. The van der Waals surface area contributed by atoms with Crippen LogP contribution in [-0.4, -0.2) is 16.4 Å². The quantitative estimate of drug-likeness (QED) is 0.347. The van der Waals surface area contributed by atoms with Crippen LogP contribution in [-0.2, 0) is 0 Å². The Morgan fingerprint density at radius 3 is 2.73 bits per heavy atom. The number of carbonyl (C=O) groups is 1. The zero-order valence-electron chi connectivity index (χ0n) is 14.7. The first-order chi connectivity index (χ1) is 12.2. The summed E-state index contributed by atoms with van der Waals surface area (Å²) in [5, 5.41) is 14.5. The molecular formula is C19H19ClN2O4. The number of anilines is 1. The van der Waals surface area contributed by atoms with Crippen molar-refractivity contribution in [1.29, 1.82) is 0 Å². The molecule has 1 heterocycles. The third-order valence-electron chi connectivity index (χ3n) is 4.43. The maximum absolute atomic E-state index is 12.4. The minimum atomic E-state index is -0.726. The van der Waals surface area contributed by atoms with Crippen molar-refractivity contribution in [2.24, 2.45) is 0 Å². The summed E-state index contributed by atoms with van der Waals surface area (Å²) in [5.74, 6) is -0.0404. The second-order valence-electron chi connectivity index (χ2n) is 7.17. The van der Waals surface area contributed by atoms with Gasteiger partial charge in [0.15, 0.2) is 0 Å². The lowest BCUT2D eigenvalue weighted by Gasteiger charge is -2.37. The highest BCUT2D eigenvalue weighted by Crippen LogP contribution is 2.40. The van der Waals surface area contributed by atoms with E-state index in [1.807, 2.05) is 12.1 Å². The Kier molecular flexibility index (Phi) is 4.63. The van der Waals surface area contributed by atoms with E-state index in [9.17, 15) is 14.9 Å². The Labute approximate surface area is 156 Å². The first-order valence-electron chi connectivity index (χ1n) is 8.24. The lowest BCUT2D eigenvalue weighted by molar-refractivity contribution is -0.384.